The van der Waals surface area contributed by atoms with Gasteiger partial charge in [0.15, 0.2) is 12.4 Å². The number of aliphatic hydroxyl groups is 5. The van der Waals surface area contributed by atoms with Crippen molar-refractivity contribution < 1.29 is 49.3 Å². The summed E-state index contributed by atoms with van der Waals surface area (Å²) in [5, 5.41) is 56.9. The minimum absolute atomic E-state index is 0.0887. The average Bonchev–Trinajstić information content (AvgIpc) is 3.44. The van der Waals surface area contributed by atoms with Crippen molar-refractivity contribution in [2.75, 3.05) is 13.2 Å². The molecule has 1 heterocycles. The number of ether oxygens (including phenoxy) is 3. The van der Waals surface area contributed by atoms with Gasteiger partial charge in [0, 0.05) is 6.42 Å². The smallest absolute Gasteiger partial charge is 0.306 e. The van der Waals surface area contributed by atoms with Crippen LogP contribution in [-0.2, 0) is 23.8 Å². The van der Waals surface area contributed by atoms with Gasteiger partial charge in [-0.1, -0.05) is 232 Å². The standard InChI is InChI=1S/C67H111NO10/c1-4-7-10-13-16-19-22-25-27-29-30-31-32-33-35-37-40-43-46-49-52-55-62(72)78-65-64(74)63(73)61(56-69)77-67(65)76-57-58(59(70)53-50-47-44-41-38-24-21-18-15-12-9-6-3)68-66(75)60(71)54-51-48-45-42-39-36-34-28-26-23-20-17-14-11-8-5-2/h8,11,16-17,19-20,25-28,30-31,33,35-36,39,45,48,50,53,58-61,63-65,67,69-71,73-74H,4-7,9-10,12-15,18,21-24,29,32,34,37-38,40-44,46-47,49,51-52,54-57H2,1-3H3,(H,68,75)/b11-8-,19-16-,20-17-,27-25-,28-26-,31-30-,35-33-,39-36-,48-45-,53-50+. The molecule has 1 rings (SSSR count). The lowest BCUT2D eigenvalue weighted by molar-refractivity contribution is -0.305. The van der Waals surface area contributed by atoms with Crippen LogP contribution < -0.4 is 5.32 Å². The molecule has 8 atom stereocenters. The Labute approximate surface area is 474 Å². The molecule has 11 nitrogen and oxygen atoms in total. The van der Waals surface area contributed by atoms with Crippen LogP contribution in [0.2, 0.25) is 0 Å². The van der Waals surface area contributed by atoms with Crippen LogP contribution in [0.25, 0.3) is 0 Å². The third-order valence-electron chi connectivity index (χ3n) is 13.6. The number of rotatable bonds is 50. The fourth-order valence-electron chi connectivity index (χ4n) is 8.73. The molecule has 1 saturated heterocycles. The maximum absolute atomic E-state index is 13.4. The maximum atomic E-state index is 13.4. The predicted molar refractivity (Wildman–Crippen MR) is 324 cm³/mol. The SMILES string of the molecule is CC/C=C\C/C=C\C/C=C\C/C=C\C/C=C\CCC(O)C(=O)NC(COC1OC(CO)C(O)C(O)C1OC(=O)CCCCCCC/C=C\C/C=C\C/C=C\C/C=C\CCCCC)C(O)/C=C/CCCCCCCCCCCC. The number of carbonyl (C=O) groups is 2. The van der Waals surface area contributed by atoms with Crippen molar-refractivity contribution >= 4 is 11.9 Å². The van der Waals surface area contributed by atoms with Gasteiger partial charge in [-0.3, -0.25) is 9.59 Å². The fraction of sp³-hybridized carbons (Fsp3) is 0.672. The third-order valence-corrected chi connectivity index (χ3v) is 13.6. The highest BCUT2D eigenvalue weighted by molar-refractivity contribution is 5.80. The summed E-state index contributed by atoms with van der Waals surface area (Å²) in [5.41, 5.74) is 0. The van der Waals surface area contributed by atoms with Gasteiger partial charge in [0.25, 0.3) is 0 Å². The van der Waals surface area contributed by atoms with E-state index < -0.39 is 67.4 Å². The normalized spacial score (nSPS) is 19.8. The van der Waals surface area contributed by atoms with E-state index in [2.05, 4.69) is 123 Å². The second-order valence-corrected chi connectivity index (χ2v) is 20.7. The summed E-state index contributed by atoms with van der Waals surface area (Å²) in [6.07, 6.45) is 63.8. The van der Waals surface area contributed by atoms with Crippen LogP contribution in [0, 0.1) is 0 Å². The van der Waals surface area contributed by atoms with E-state index in [4.69, 9.17) is 14.2 Å². The molecule has 1 aliphatic heterocycles. The molecule has 1 fully saturated rings. The summed E-state index contributed by atoms with van der Waals surface area (Å²) in [7, 11) is 0. The van der Waals surface area contributed by atoms with Crippen molar-refractivity contribution in [3.63, 3.8) is 0 Å². The molecule has 444 valence electrons. The van der Waals surface area contributed by atoms with Gasteiger partial charge in [-0.25, -0.2) is 0 Å². The molecule has 0 aromatic heterocycles. The van der Waals surface area contributed by atoms with Gasteiger partial charge < -0.3 is 45.1 Å². The quantitative estimate of drug-likeness (QED) is 0.0195. The molecule has 1 amide bonds. The van der Waals surface area contributed by atoms with Gasteiger partial charge in [-0.2, -0.15) is 0 Å². The average molecular weight is 1090 g/mol. The van der Waals surface area contributed by atoms with Gasteiger partial charge in [0.2, 0.25) is 5.91 Å². The number of aliphatic hydroxyl groups excluding tert-OH is 5. The van der Waals surface area contributed by atoms with Gasteiger partial charge in [-0.15, -0.1) is 0 Å². The lowest BCUT2D eigenvalue weighted by Crippen LogP contribution is -2.61. The Morgan fingerprint density at radius 3 is 1.41 bits per heavy atom. The molecule has 8 unspecified atom stereocenters. The number of hydrogen-bond donors (Lipinski definition) is 6. The lowest BCUT2D eigenvalue weighted by Gasteiger charge is -2.41. The van der Waals surface area contributed by atoms with Crippen molar-refractivity contribution in [2.45, 2.75) is 275 Å². The van der Waals surface area contributed by atoms with Crippen LogP contribution in [0.5, 0.6) is 0 Å². The summed E-state index contributed by atoms with van der Waals surface area (Å²) in [4.78, 5) is 26.5. The first-order valence-corrected chi connectivity index (χ1v) is 30.8. The summed E-state index contributed by atoms with van der Waals surface area (Å²) in [6, 6.07) is -1.07. The molecule has 0 spiro atoms. The molecule has 6 N–H and O–H groups in total. The van der Waals surface area contributed by atoms with Gasteiger partial charge in [-0.05, 0) is 109 Å². The molecule has 1 aliphatic rings. The molecule has 0 aromatic carbocycles. The van der Waals surface area contributed by atoms with E-state index in [1.165, 1.54) is 70.6 Å². The summed E-state index contributed by atoms with van der Waals surface area (Å²) >= 11 is 0. The van der Waals surface area contributed by atoms with E-state index in [1.807, 2.05) is 18.2 Å². The number of allylic oxidation sites excluding steroid dienone is 19. The first-order chi connectivity index (χ1) is 38.2. The Kier molecular flexibility index (Phi) is 49.6. The van der Waals surface area contributed by atoms with Crippen LogP contribution in [0.1, 0.15) is 226 Å². The Balaban J connectivity index is 2.74. The number of unbranched alkanes of at least 4 members (excludes halogenated alkanes) is 18. The van der Waals surface area contributed by atoms with Gasteiger partial charge in [0.1, 0.15) is 24.4 Å². The van der Waals surface area contributed by atoms with Gasteiger partial charge in [0.05, 0.1) is 25.4 Å². The molecule has 0 bridgehead atoms. The number of hydrogen-bond acceptors (Lipinski definition) is 10. The minimum atomic E-state index is -1.64. The van der Waals surface area contributed by atoms with Crippen LogP contribution in [0.4, 0.5) is 0 Å². The van der Waals surface area contributed by atoms with Crippen molar-refractivity contribution in [1.82, 2.24) is 5.32 Å². The van der Waals surface area contributed by atoms with Crippen molar-refractivity contribution in [1.29, 1.82) is 0 Å². The van der Waals surface area contributed by atoms with E-state index >= 15 is 0 Å². The fourth-order valence-corrected chi connectivity index (χ4v) is 8.73. The van der Waals surface area contributed by atoms with E-state index in [0.29, 0.717) is 12.8 Å². The molecule has 78 heavy (non-hydrogen) atoms. The predicted octanol–water partition coefficient (Wildman–Crippen LogP) is 14.7. The maximum Gasteiger partial charge on any atom is 0.306 e. The zero-order chi connectivity index (χ0) is 56.8. The first kappa shape index (κ1) is 72.1. The van der Waals surface area contributed by atoms with Gasteiger partial charge >= 0.3 is 5.97 Å². The summed E-state index contributed by atoms with van der Waals surface area (Å²) < 4.78 is 17.6. The number of amides is 1. The highest BCUT2D eigenvalue weighted by Crippen LogP contribution is 2.26. The second-order valence-electron chi connectivity index (χ2n) is 20.7. The number of esters is 1. The zero-order valence-corrected chi connectivity index (χ0v) is 49.0. The number of nitrogens with one attached hydrogen (secondary N) is 1. The summed E-state index contributed by atoms with van der Waals surface area (Å²) in [5.74, 6) is -1.29. The minimum Gasteiger partial charge on any atom is -0.454 e. The molecule has 0 radical (unpaired) electrons. The Morgan fingerprint density at radius 2 is 0.923 bits per heavy atom. The van der Waals surface area contributed by atoms with E-state index in [-0.39, 0.29) is 19.4 Å². The second kappa shape index (κ2) is 53.7. The lowest BCUT2D eigenvalue weighted by atomic mass is 9.99. The van der Waals surface area contributed by atoms with Crippen molar-refractivity contribution in [3.05, 3.63) is 122 Å². The molecular weight excluding hydrogens is 979 g/mol. The summed E-state index contributed by atoms with van der Waals surface area (Å²) in [6.45, 7) is 5.58. The van der Waals surface area contributed by atoms with Crippen LogP contribution >= 0.6 is 0 Å². The van der Waals surface area contributed by atoms with Crippen molar-refractivity contribution in [3.8, 4) is 0 Å². The van der Waals surface area contributed by atoms with E-state index in [1.54, 1.807) is 6.08 Å². The highest BCUT2D eigenvalue weighted by Gasteiger charge is 2.47. The number of carbonyl (C=O) groups excluding carboxylic acids is 2. The third kappa shape index (κ3) is 41.1. The molecular formula is C67H111NO10. The highest BCUT2D eigenvalue weighted by atomic mass is 16.7. The van der Waals surface area contributed by atoms with Crippen LogP contribution in [0.3, 0.4) is 0 Å². The van der Waals surface area contributed by atoms with E-state index in [9.17, 15) is 35.1 Å². The zero-order valence-electron chi connectivity index (χ0n) is 49.0. The monoisotopic (exact) mass is 1090 g/mol. The van der Waals surface area contributed by atoms with Crippen molar-refractivity contribution in [2.24, 2.45) is 0 Å². The molecule has 0 aliphatic carbocycles. The first-order valence-electron chi connectivity index (χ1n) is 30.8. The molecule has 0 aromatic rings. The topological polar surface area (TPSA) is 175 Å². The molecule has 0 saturated carbocycles. The Hall–Kier alpha value is -3.94. The Morgan fingerprint density at radius 1 is 0.513 bits per heavy atom. The van der Waals surface area contributed by atoms with Crippen LogP contribution in [0.15, 0.2) is 122 Å². The molecule has 11 heteroatoms. The van der Waals surface area contributed by atoms with E-state index in [0.717, 1.165) is 109 Å². The Bertz CT molecular complexity index is 1730. The van der Waals surface area contributed by atoms with Crippen LogP contribution in [-0.4, -0.2) is 99.6 Å². The largest absolute Gasteiger partial charge is 0.454 e.